The zero-order chi connectivity index (χ0) is 10.9. The molecule has 0 amide bonds. The molecule has 6 heteroatoms. The van der Waals surface area contributed by atoms with Gasteiger partial charge in [0.2, 0.25) is 9.05 Å². The van der Waals surface area contributed by atoms with Gasteiger partial charge in [-0.05, 0) is 19.3 Å². The summed E-state index contributed by atoms with van der Waals surface area (Å²) in [4.78, 5) is 0. The molecule has 4 nitrogen and oxygen atoms in total. The van der Waals surface area contributed by atoms with Crippen molar-refractivity contribution in [1.82, 2.24) is 0 Å². The highest BCUT2D eigenvalue weighted by molar-refractivity contribution is 8.13. The van der Waals surface area contributed by atoms with Crippen LogP contribution in [0.3, 0.4) is 0 Å². The van der Waals surface area contributed by atoms with Gasteiger partial charge in [-0.3, -0.25) is 0 Å². The lowest BCUT2D eigenvalue weighted by molar-refractivity contribution is -0.0439. The van der Waals surface area contributed by atoms with Crippen molar-refractivity contribution in [3.8, 4) is 0 Å². The quantitative estimate of drug-likeness (QED) is 0.694. The summed E-state index contributed by atoms with van der Waals surface area (Å²) in [5.74, 6) is -0.0993. The van der Waals surface area contributed by atoms with E-state index in [0.717, 1.165) is 25.9 Å². The van der Waals surface area contributed by atoms with Gasteiger partial charge in [0.15, 0.2) is 0 Å². The van der Waals surface area contributed by atoms with E-state index in [1.807, 2.05) is 0 Å². The van der Waals surface area contributed by atoms with Crippen LogP contribution in [0.2, 0.25) is 0 Å². The number of hydrogen-bond acceptors (Lipinski definition) is 4. The second-order valence-electron chi connectivity index (χ2n) is 4.33. The highest BCUT2D eigenvalue weighted by atomic mass is 35.7. The Morgan fingerprint density at radius 1 is 1.33 bits per heavy atom. The molecular formula is C9H15ClO4S. The van der Waals surface area contributed by atoms with Crippen molar-refractivity contribution in [2.75, 3.05) is 25.6 Å². The molecule has 2 atom stereocenters. The summed E-state index contributed by atoms with van der Waals surface area (Å²) in [6.45, 7) is 1.98. The maximum Gasteiger partial charge on any atom is 0.235 e. The predicted molar refractivity (Wildman–Crippen MR) is 56.5 cm³/mol. The molecule has 2 unspecified atom stereocenters. The minimum atomic E-state index is -3.49. The summed E-state index contributed by atoms with van der Waals surface area (Å²) in [5, 5.41) is 0. The van der Waals surface area contributed by atoms with Gasteiger partial charge in [-0.25, -0.2) is 8.42 Å². The second-order valence-corrected chi connectivity index (χ2v) is 7.16. The summed E-state index contributed by atoms with van der Waals surface area (Å²) in [6.07, 6.45) is 2.54. The molecule has 88 valence electrons. The van der Waals surface area contributed by atoms with Crippen molar-refractivity contribution in [2.24, 2.45) is 5.41 Å². The third kappa shape index (κ3) is 2.64. The van der Waals surface area contributed by atoms with Gasteiger partial charge < -0.3 is 9.47 Å². The van der Waals surface area contributed by atoms with Gasteiger partial charge >= 0.3 is 0 Å². The monoisotopic (exact) mass is 254 g/mol. The Hall–Kier alpha value is 0.160. The van der Waals surface area contributed by atoms with E-state index in [-0.39, 0.29) is 17.3 Å². The van der Waals surface area contributed by atoms with Crippen molar-refractivity contribution in [1.29, 1.82) is 0 Å². The Kier molecular flexibility index (Phi) is 3.26. The maximum atomic E-state index is 11.1. The molecule has 0 bridgehead atoms. The van der Waals surface area contributed by atoms with Crippen LogP contribution in [0.5, 0.6) is 0 Å². The minimum Gasteiger partial charge on any atom is -0.381 e. The van der Waals surface area contributed by atoms with E-state index in [1.54, 1.807) is 0 Å². The van der Waals surface area contributed by atoms with Crippen molar-refractivity contribution < 1.29 is 17.9 Å². The van der Waals surface area contributed by atoms with Gasteiger partial charge in [0, 0.05) is 29.3 Å². The van der Waals surface area contributed by atoms with E-state index < -0.39 is 9.05 Å². The van der Waals surface area contributed by atoms with E-state index in [9.17, 15) is 8.42 Å². The fourth-order valence-corrected chi connectivity index (χ4v) is 3.63. The average molecular weight is 255 g/mol. The molecule has 2 saturated heterocycles. The number of ether oxygens (including phenoxy) is 2. The summed E-state index contributed by atoms with van der Waals surface area (Å²) >= 11 is 0. The van der Waals surface area contributed by atoms with Crippen molar-refractivity contribution >= 4 is 19.7 Å². The largest absolute Gasteiger partial charge is 0.381 e. The molecule has 2 rings (SSSR count). The maximum absolute atomic E-state index is 11.1. The first-order chi connectivity index (χ1) is 7.02. The van der Waals surface area contributed by atoms with Gasteiger partial charge in [-0.1, -0.05) is 0 Å². The molecule has 0 N–H and O–H groups in total. The van der Waals surface area contributed by atoms with Gasteiger partial charge in [-0.15, -0.1) is 0 Å². The fourth-order valence-electron chi connectivity index (χ4n) is 2.47. The van der Waals surface area contributed by atoms with Crippen LogP contribution in [-0.2, 0) is 18.5 Å². The Balaban J connectivity index is 2.10. The van der Waals surface area contributed by atoms with Gasteiger partial charge in [0.1, 0.15) is 0 Å². The zero-order valence-electron chi connectivity index (χ0n) is 8.45. The van der Waals surface area contributed by atoms with Crippen molar-refractivity contribution in [2.45, 2.75) is 25.4 Å². The summed E-state index contributed by atoms with van der Waals surface area (Å²) in [5.41, 5.74) is -0.111. The Bertz CT molecular complexity index is 321. The molecule has 0 aliphatic carbocycles. The van der Waals surface area contributed by atoms with Gasteiger partial charge in [-0.2, -0.15) is 0 Å². The van der Waals surface area contributed by atoms with Crippen molar-refractivity contribution in [3.05, 3.63) is 0 Å². The molecule has 2 aliphatic rings. The number of halogens is 1. The molecule has 0 radical (unpaired) electrons. The Morgan fingerprint density at radius 3 is 2.73 bits per heavy atom. The molecule has 0 aromatic carbocycles. The Labute approximate surface area is 94.3 Å². The van der Waals surface area contributed by atoms with Crippen LogP contribution in [-0.4, -0.2) is 40.1 Å². The van der Waals surface area contributed by atoms with Crippen LogP contribution in [0.15, 0.2) is 0 Å². The zero-order valence-corrected chi connectivity index (χ0v) is 10.0. The molecular weight excluding hydrogens is 240 g/mol. The predicted octanol–water partition coefficient (Wildman–Crippen LogP) is 1.14. The van der Waals surface area contributed by atoms with Crippen molar-refractivity contribution in [3.63, 3.8) is 0 Å². The van der Waals surface area contributed by atoms with E-state index in [0.29, 0.717) is 13.2 Å². The van der Waals surface area contributed by atoms with E-state index in [2.05, 4.69) is 0 Å². The summed E-state index contributed by atoms with van der Waals surface area (Å²) in [6, 6.07) is 0. The highest BCUT2D eigenvalue weighted by Crippen LogP contribution is 2.42. The SMILES string of the molecule is O=S(=O)(Cl)CC1OCCC12CCCOC2. The first-order valence-electron chi connectivity index (χ1n) is 5.14. The number of hydrogen-bond donors (Lipinski definition) is 0. The standard InChI is InChI=1S/C9H15ClO4S/c10-15(11,12)6-8-9(3-5-14-8)2-1-4-13-7-9/h8H,1-7H2. The molecule has 2 aliphatic heterocycles. The van der Waals surface area contributed by atoms with Crippen LogP contribution < -0.4 is 0 Å². The molecule has 2 heterocycles. The number of rotatable bonds is 2. The fraction of sp³-hybridized carbons (Fsp3) is 1.00. The van der Waals surface area contributed by atoms with Crippen LogP contribution in [0, 0.1) is 5.41 Å². The summed E-state index contributed by atoms with van der Waals surface area (Å²) < 4.78 is 33.0. The van der Waals surface area contributed by atoms with Gasteiger partial charge in [0.05, 0.1) is 18.5 Å². The third-order valence-corrected chi connectivity index (χ3v) is 4.38. The molecule has 1 spiro atoms. The smallest absolute Gasteiger partial charge is 0.235 e. The molecule has 0 aromatic rings. The third-order valence-electron chi connectivity index (χ3n) is 3.31. The minimum absolute atomic E-state index is 0.0993. The normalized spacial score (nSPS) is 37.3. The van der Waals surface area contributed by atoms with Gasteiger partial charge in [0.25, 0.3) is 0 Å². The second kappa shape index (κ2) is 4.20. The van der Waals surface area contributed by atoms with E-state index in [1.165, 1.54) is 0 Å². The van der Waals surface area contributed by atoms with Crippen LogP contribution in [0.4, 0.5) is 0 Å². The lowest BCUT2D eigenvalue weighted by Gasteiger charge is -2.36. The highest BCUT2D eigenvalue weighted by Gasteiger charge is 2.46. The van der Waals surface area contributed by atoms with E-state index in [4.69, 9.17) is 20.2 Å². The van der Waals surface area contributed by atoms with Crippen LogP contribution in [0.25, 0.3) is 0 Å². The van der Waals surface area contributed by atoms with Crippen LogP contribution >= 0.6 is 10.7 Å². The Morgan fingerprint density at radius 2 is 2.13 bits per heavy atom. The summed E-state index contributed by atoms with van der Waals surface area (Å²) in [7, 11) is 1.78. The lowest BCUT2D eigenvalue weighted by Crippen LogP contribution is -2.42. The average Bonchev–Trinajstić information content (AvgIpc) is 2.48. The molecule has 15 heavy (non-hydrogen) atoms. The van der Waals surface area contributed by atoms with E-state index >= 15 is 0 Å². The first-order valence-corrected chi connectivity index (χ1v) is 7.61. The van der Waals surface area contributed by atoms with Crippen LogP contribution in [0.1, 0.15) is 19.3 Å². The molecule has 0 saturated carbocycles. The lowest BCUT2D eigenvalue weighted by atomic mass is 9.77. The molecule has 0 aromatic heterocycles. The first kappa shape index (κ1) is 11.6. The molecule has 2 fully saturated rings. The topological polar surface area (TPSA) is 52.6 Å².